The van der Waals surface area contributed by atoms with Crippen LogP contribution in [0.3, 0.4) is 0 Å². The molecule has 2 aromatic heterocycles. The number of rotatable bonds is 2. The van der Waals surface area contributed by atoms with Gasteiger partial charge in [-0.2, -0.15) is 0 Å². The SMILES string of the molecule is Cc1ccc2[nH]c(-c3ccc(OC(F)(F)F)cc3)nc2n1. The summed E-state index contributed by atoms with van der Waals surface area (Å²) in [5.41, 5.74) is 2.83. The first-order valence-electron chi connectivity index (χ1n) is 6.10. The van der Waals surface area contributed by atoms with Crippen molar-refractivity contribution in [2.75, 3.05) is 0 Å². The zero-order valence-corrected chi connectivity index (χ0v) is 10.9. The molecule has 0 radical (unpaired) electrons. The van der Waals surface area contributed by atoms with Crippen molar-refractivity contribution in [1.29, 1.82) is 0 Å². The van der Waals surface area contributed by atoms with Crippen LogP contribution in [0.2, 0.25) is 0 Å². The van der Waals surface area contributed by atoms with E-state index in [1.165, 1.54) is 24.3 Å². The Balaban J connectivity index is 1.91. The van der Waals surface area contributed by atoms with Gasteiger partial charge in [0.05, 0.1) is 5.52 Å². The van der Waals surface area contributed by atoms with Crippen molar-refractivity contribution in [3.05, 3.63) is 42.1 Å². The molecule has 0 fully saturated rings. The lowest BCUT2D eigenvalue weighted by atomic mass is 10.2. The second-order valence-corrected chi connectivity index (χ2v) is 4.48. The average molecular weight is 293 g/mol. The maximum Gasteiger partial charge on any atom is 0.573 e. The number of hydrogen-bond acceptors (Lipinski definition) is 3. The van der Waals surface area contributed by atoms with Crippen molar-refractivity contribution < 1.29 is 17.9 Å². The summed E-state index contributed by atoms with van der Waals surface area (Å²) in [7, 11) is 0. The molecule has 0 amide bonds. The highest BCUT2D eigenvalue weighted by Gasteiger charge is 2.30. The number of fused-ring (bicyclic) bond motifs is 1. The molecule has 0 unspecified atom stereocenters. The van der Waals surface area contributed by atoms with Crippen LogP contribution >= 0.6 is 0 Å². The Kier molecular flexibility index (Phi) is 3.04. The zero-order chi connectivity index (χ0) is 15.0. The van der Waals surface area contributed by atoms with Gasteiger partial charge in [-0.3, -0.25) is 0 Å². The van der Waals surface area contributed by atoms with Crippen molar-refractivity contribution >= 4 is 11.2 Å². The van der Waals surface area contributed by atoms with Crippen molar-refractivity contribution in [3.63, 3.8) is 0 Å². The second-order valence-electron chi connectivity index (χ2n) is 4.48. The van der Waals surface area contributed by atoms with Crippen LogP contribution in [0, 0.1) is 6.92 Å². The molecule has 108 valence electrons. The molecule has 3 rings (SSSR count). The number of aromatic nitrogens is 3. The van der Waals surface area contributed by atoms with Gasteiger partial charge in [-0.25, -0.2) is 9.97 Å². The molecule has 0 saturated carbocycles. The van der Waals surface area contributed by atoms with Crippen LogP contribution in [0.5, 0.6) is 5.75 Å². The molecule has 2 heterocycles. The fourth-order valence-electron chi connectivity index (χ4n) is 1.94. The largest absolute Gasteiger partial charge is 0.573 e. The first-order chi connectivity index (χ1) is 9.90. The third-order valence-corrected chi connectivity index (χ3v) is 2.85. The molecule has 0 aliphatic carbocycles. The summed E-state index contributed by atoms with van der Waals surface area (Å²) in [5.74, 6) is 0.276. The molecule has 21 heavy (non-hydrogen) atoms. The van der Waals surface area contributed by atoms with E-state index in [9.17, 15) is 13.2 Å². The number of ether oxygens (including phenoxy) is 1. The standard InChI is InChI=1S/C14H10F3N3O/c1-8-2-7-11-13(18-8)20-12(19-11)9-3-5-10(6-4-9)21-14(15,16)17/h2-7H,1H3,(H,18,19,20). The average Bonchev–Trinajstić information content (AvgIpc) is 2.80. The van der Waals surface area contributed by atoms with Gasteiger partial charge in [-0.15, -0.1) is 13.2 Å². The number of nitrogens with one attached hydrogen (secondary N) is 1. The Labute approximate surface area is 117 Å². The summed E-state index contributed by atoms with van der Waals surface area (Å²) >= 11 is 0. The first kappa shape index (κ1) is 13.4. The molecule has 0 aliphatic heterocycles. The number of alkyl halides is 3. The van der Waals surface area contributed by atoms with Crippen LogP contribution in [0.4, 0.5) is 13.2 Å². The van der Waals surface area contributed by atoms with Gasteiger partial charge in [0.25, 0.3) is 0 Å². The summed E-state index contributed by atoms with van der Waals surface area (Å²) in [6.45, 7) is 1.86. The molecule has 0 atom stereocenters. The summed E-state index contributed by atoms with van der Waals surface area (Å²) in [5, 5.41) is 0. The third-order valence-electron chi connectivity index (χ3n) is 2.85. The maximum atomic E-state index is 12.1. The number of aryl methyl sites for hydroxylation is 1. The molecule has 0 aliphatic rings. The van der Waals surface area contributed by atoms with E-state index >= 15 is 0 Å². The molecule has 4 nitrogen and oxygen atoms in total. The number of aromatic amines is 1. The first-order valence-corrected chi connectivity index (χ1v) is 6.10. The number of hydrogen-bond donors (Lipinski definition) is 1. The summed E-state index contributed by atoms with van der Waals surface area (Å²) in [4.78, 5) is 11.7. The van der Waals surface area contributed by atoms with Gasteiger partial charge in [-0.05, 0) is 43.3 Å². The van der Waals surface area contributed by atoms with Gasteiger partial charge in [0.15, 0.2) is 5.65 Å². The van der Waals surface area contributed by atoms with Gasteiger partial charge < -0.3 is 9.72 Å². The van der Waals surface area contributed by atoms with Gasteiger partial charge in [0.1, 0.15) is 11.6 Å². The van der Waals surface area contributed by atoms with E-state index in [-0.39, 0.29) is 5.75 Å². The Hall–Kier alpha value is -2.57. The highest BCUT2D eigenvalue weighted by molar-refractivity contribution is 5.76. The van der Waals surface area contributed by atoms with Crippen LogP contribution in [0.15, 0.2) is 36.4 Å². The molecule has 0 saturated heterocycles. The normalized spacial score (nSPS) is 11.8. The van der Waals surface area contributed by atoms with E-state index in [0.717, 1.165) is 11.2 Å². The highest BCUT2D eigenvalue weighted by atomic mass is 19.4. The number of H-pyrrole nitrogens is 1. The van der Waals surface area contributed by atoms with Crippen molar-refractivity contribution in [2.24, 2.45) is 0 Å². The van der Waals surface area contributed by atoms with Crippen LogP contribution in [0.1, 0.15) is 5.69 Å². The molecule has 3 aromatic rings. The van der Waals surface area contributed by atoms with Crippen molar-refractivity contribution in [1.82, 2.24) is 15.0 Å². The molecule has 0 spiro atoms. The molecule has 1 aromatic carbocycles. The Bertz CT molecular complexity index is 778. The lowest BCUT2D eigenvalue weighted by molar-refractivity contribution is -0.274. The minimum atomic E-state index is -4.69. The van der Waals surface area contributed by atoms with Crippen LogP contribution in [0.25, 0.3) is 22.6 Å². The Morgan fingerprint density at radius 1 is 1.00 bits per heavy atom. The summed E-state index contributed by atoms with van der Waals surface area (Å²) < 4.78 is 40.1. The van der Waals surface area contributed by atoms with Gasteiger partial charge in [-0.1, -0.05) is 0 Å². The van der Waals surface area contributed by atoms with Crippen LogP contribution in [-0.2, 0) is 0 Å². The minimum absolute atomic E-state index is 0.267. The van der Waals surface area contributed by atoms with E-state index < -0.39 is 6.36 Å². The number of nitrogens with zero attached hydrogens (tertiary/aromatic N) is 2. The molecule has 1 N–H and O–H groups in total. The fraction of sp³-hybridized carbons (Fsp3) is 0.143. The van der Waals surface area contributed by atoms with Crippen LogP contribution < -0.4 is 4.74 Å². The molecule has 7 heteroatoms. The van der Waals surface area contributed by atoms with Crippen LogP contribution in [-0.4, -0.2) is 21.3 Å². The molecular formula is C14H10F3N3O. The van der Waals surface area contributed by atoms with E-state index in [1.807, 2.05) is 19.1 Å². The summed E-state index contributed by atoms with van der Waals surface area (Å²) in [6, 6.07) is 9.21. The number of benzene rings is 1. The predicted molar refractivity (Wildman–Crippen MR) is 70.7 cm³/mol. The van der Waals surface area contributed by atoms with Crippen molar-refractivity contribution in [2.45, 2.75) is 13.3 Å². The van der Waals surface area contributed by atoms with E-state index in [1.54, 1.807) is 0 Å². The van der Waals surface area contributed by atoms with Crippen molar-refractivity contribution in [3.8, 4) is 17.1 Å². The number of imidazole rings is 1. The second kappa shape index (κ2) is 4.76. The fourth-order valence-corrected chi connectivity index (χ4v) is 1.94. The lowest BCUT2D eigenvalue weighted by Gasteiger charge is -2.08. The Morgan fingerprint density at radius 2 is 1.71 bits per heavy atom. The maximum absolute atomic E-state index is 12.1. The van der Waals surface area contributed by atoms with Gasteiger partial charge >= 0.3 is 6.36 Å². The monoisotopic (exact) mass is 293 g/mol. The zero-order valence-electron chi connectivity index (χ0n) is 10.9. The van der Waals surface area contributed by atoms with E-state index in [0.29, 0.717) is 17.0 Å². The van der Waals surface area contributed by atoms with E-state index in [2.05, 4.69) is 19.7 Å². The predicted octanol–water partition coefficient (Wildman–Crippen LogP) is 3.83. The summed E-state index contributed by atoms with van der Waals surface area (Å²) in [6.07, 6.45) is -4.69. The molecule has 0 bridgehead atoms. The van der Waals surface area contributed by atoms with Gasteiger partial charge in [0, 0.05) is 11.3 Å². The minimum Gasteiger partial charge on any atom is -0.406 e. The highest BCUT2D eigenvalue weighted by Crippen LogP contribution is 2.26. The smallest absolute Gasteiger partial charge is 0.406 e. The Morgan fingerprint density at radius 3 is 2.38 bits per heavy atom. The van der Waals surface area contributed by atoms with E-state index in [4.69, 9.17) is 0 Å². The number of pyridine rings is 1. The molecular weight excluding hydrogens is 283 g/mol. The van der Waals surface area contributed by atoms with Gasteiger partial charge in [0.2, 0.25) is 0 Å². The lowest BCUT2D eigenvalue weighted by Crippen LogP contribution is -2.16. The topological polar surface area (TPSA) is 50.8 Å². The third kappa shape index (κ3) is 2.96. The number of halogens is 3. The quantitative estimate of drug-likeness (QED) is 0.781.